The van der Waals surface area contributed by atoms with Gasteiger partial charge in [-0.2, -0.15) is 5.10 Å². The third-order valence-electron chi connectivity index (χ3n) is 1.74. The molecule has 82 valence electrons. The Bertz CT molecular complexity index is 359. The van der Waals surface area contributed by atoms with Crippen LogP contribution in [0.25, 0.3) is 0 Å². The molecule has 1 rings (SSSR count). The van der Waals surface area contributed by atoms with Gasteiger partial charge in [0.1, 0.15) is 18.0 Å². The van der Waals surface area contributed by atoms with Crippen molar-refractivity contribution >= 4 is 12.3 Å². The molecule has 0 atom stereocenters. The molecule has 1 aromatic rings. The van der Waals surface area contributed by atoms with E-state index < -0.39 is 5.97 Å². The zero-order chi connectivity index (χ0) is 11.3. The summed E-state index contributed by atoms with van der Waals surface area (Å²) >= 11 is 0. The summed E-state index contributed by atoms with van der Waals surface area (Å²) in [6.07, 6.45) is 1.85. The number of nitrogens with zero attached hydrogens (tertiary/aromatic N) is 2. The summed E-state index contributed by atoms with van der Waals surface area (Å²) in [6.45, 7) is 2.07. The SMILES string of the molecule is CCOC(=O)c1cnn(COC)c1C=O. The molecule has 0 unspecified atom stereocenters. The van der Waals surface area contributed by atoms with Gasteiger partial charge in [-0.25, -0.2) is 9.48 Å². The lowest BCUT2D eigenvalue weighted by atomic mass is 10.2. The number of hydrogen-bond donors (Lipinski definition) is 0. The molecule has 1 heterocycles. The van der Waals surface area contributed by atoms with Gasteiger partial charge in [0, 0.05) is 7.11 Å². The van der Waals surface area contributed by atoms with E-state index in [1.807, 2.05) is 0 Å². The summed E-state index contributed by atoms with van der Waals surface area (Å²) in [7, 11) is 1.47. The van der Waals surface area contributed by atoms with Crippen LogP contribution in [0.15, 0.2) is 6.20 Å². The van der Waals surface area contributed by atoms with Gasteiger partial charge in [-0.3, -0.25) is 4.79 Å². The quantitative estimate of drug-likeness (QED) is 0.524. The lowest BCUT2D eigenvalue weighted by Crippen LogP contribution is -2.10. The predicted octanol–water partition coefficient (Wildman–Crippen LogP) is 0.476. The van der Waals surface area contributed by atoms with Crippen molar-refractivity contribution < 1.29 is 19.1 Å². The molecule has 0 aliphatic carbocycles. The van der Waals surface area contributed by atoms with E-state index in [0.717, 1.165) is 0 Å². The number of carbonyl (C=O) groups is 2. The van der Waals surface area contributed by atoms with Crippen LogP contribution in [0, 0.1) is 0 Å². The van der Waals surface area contributed by atoms with Crippen LogP contribution in [0.2, 0.25) is 0 Å². The molecule has 0 fully saturated rings. The molecule has 0 spiro atoms. The molecular weight excluding hydrogens is 200 g/mol. The van der Waals surface area contributed by atoms with Crippen LogP contribution in [0.4, 0.5) is 0 Å². The van der Waals surface area contributed by atoms with E-state index in [0.29, 0.717) is 6.29 Å². The number of methoxy groups -OCH3 is 1. The first kappa shape index (κ1) is 11.4. The molecule has 0 aromatic carbocycles. The highest BCUT2D eigenvalue weighted by atomic mass is 16.5. The van der Waals surface area contributed by atoms with E-state index in [2.05, 4.69) is 5.10 Å². The van der Waals surface area contributed by atoms with E-state index in [1.54, 1.807) is 6.92 Å². The van der Waals surface area contributed by atoms with Crippen LogP contribution in [-0.4, -0.2) is 35.8 Å². The largest absolute Gasteiger partial charge is 0.462 e. The average molecular weight is 212 g/mol. The van der Waals surface area contributed by atoms with Crippen LogP contribution in [-0.2, 0) is 16.2 Å². The van der Waals surface area contributed by atoms with Gasteiger partial charge in [-0.05, 0) is 6.92 Å². The Morgan fingerprint density at radius 3 is 2.93 bits per heavy atom. The molecule has 0 saturated carbocycles. The summed E-state index contributed by atoms with van der Waals surface area (Å²) in [5, 5.41) is 3.84. The second-order valence-electron chi connectivity index (χ2n) is 2.70. The zero-order valence-corrected chi connectivity index (χ0v) is 8.60. The van der Waals surface area contributed by atoms with Gasteiger partial charge >= 0.3 is 5.97 Å². The molecule has 0 radical (unpaired) electrons. The highest BCUT2D eigenvalue weighted by Gasteiger charge is 2.17. The molecule has 1 aromatic heterocycles. The van der Waals surface area contributed by atoms with Crippen molar-refractivity contribution in [2.45, 2.75) is 13.7 Å². The fraction of sp³-hybridized carbons (Fsp3) is 0.444. The smallest absolute Gasteiger partial charge is 0.342 e. The normalized spacial score (nSPS) is 10.0. The molecule has 15 heavy (non-hydrogen) atoms. The Morgan fingerprint density at radius 2 is 2.40 bits per heavy atom. The topological polar surface area (TPSA) is 70.4 Å². The van der Waals surface area contributed by atoms with Crippen LogP contribution < -0.4 is 0 Å². The average Bonchev–Trinajstić information content (AvgIpc) is 2.62. The molecule has 0 N–H and O–H groups in total. The zero-order valence-electron chi connectivity index (χ0n) is 8.60. The van der Waals surface area contributed by atoms with Crippen molar-refractivity contribution in [3.05, 3.63) is 17.5 Å². The van der Waals surface area contributed by atoms with E-state index in [9.17, 15) is 9.59 Å². The first-order valence-electron chi connectivity index (χ1n) is 4.41. The van der Waals surface area contributed by atoms with Gasteiger partial charge in [0.2, 0.25) is 0 Å². The van der Waals surface area contributed by atoms with E-state index in [-0.39, 0.29) is 24.6 Å². The van der Waals surface area contributed by atoms with Crippen LogP contribution in [0.3, 0.4) is 0 Å². The lowest BCUT2D eigenvalue weighted by Gasteiger charge is -2.02. The summed E-state index contributed by atoms with van der Waals surface area (Å²) in [5.41, 5.74) is 0.319. The minimum Gasteiger partial charge on any atom is -0.462 e. The second kappa shape index (κ2) is 5.26. The van der Waals surface area contributed by atoms with Crippen LogP contribution in [0.5, 0.6) is 0 Å². The van der Waals surface area contributed by atoms with Gasteiger partial charge in [0.05, 0.1) is 12.8 Å². The molecule has 0 saturated heterocycles. The first-order valence-corrected chi connectivity index (χ1v) is 4.41. The number of hydrogen-bond acceptors (Lipinski definition) is 5. The van der Waals surface area contributed by atoms with Crippen LogP contribution >= 0.6 is 0 Å². The fourth-order valence-corrected chi connectivity index (χ4v) is 1.11. The summed E-state index contributed by atoms with van der Waals surface area (Å²) in [5.74, 6) is -0.554. The minimum absolute atomic E-state index is 0.119. The number of ether oxygens (including phenoxy) is 2. The molecular formula is C9H12N2O4. The van der Waals surface area contributed by atoms with E-state index >= 15 is 0 Å². The van der Waals surface area contributed by atoms with Crippen molar-refractivity contribution in [3.63, 3.8) is 0 Å². The van der Waals surface area contributed by atoms with Gasteiger partial charge in [-0.1, -0.05) is 0 Å². The van der Waals surface area contributed by atoms with Crippen molar-refractivity contribution in [2.24, 2.45) is 0 Å². The Hall–Kier alpha value is -1.69. The van der Waals surface area contributed by atoms with Crippen molar-refractivity contribution in [2.75, 3.05) is 13.7 Å². The molecule has 0 aliphatic rings. The maximum absolute atomic E-state index is 11.4. The third kappa shape index (κ3) is 2.41. The summed E-state index contributed by atoms with van der Waals surface area (Å²) < 4.78 is 10.9. The van der Waals surface area contributed by atoms with Crippen molar-refractivity contribution in [1.29, 1.82) is 0 Å². The predicted molar refractivity (Wildman–Crippen MR) is 50.6 cm³/mol. The Kier molecular flexibility index (Phi) is 3.99. The molecule has 0 bridgehead atoms. The van der Waals surface area contributed by atoms with Gasteiger partial charge in [0.25, 0.3) is 0 Å². The number of aldehydes is 1. The second-order valence-corrected chi connectivity index (χ2v) is 2.70. The van der Waals surface area contributed by atoms with E-state index in [1.165, 1.54) is 18.0 Å². The van der Waals surface area contributed by atoms with Crippen LogP contribution in [0.1, 0.15) is 27.8 Å². The third-order valence-corrected chi connectivity index (χ3v) is 1.74. The molecule has 6 heteroatoms. The van der Waals surface area contributed by atoms with Gasteiger partial charge in [0.15, 0.2) is 6.29 Å². The number of carbonyl (C=O) groups excluding carboxylic acids is 2. The standard InChI is InChI=1S/C9H12N2O4/c1-3-15-9(13)7-4-10-11(6-14-2)8(7)5-12/h4-5H,3,6H2,1-2H3. The van der Waals surface area contributed by atoms with Crippen molar-refractivity contribution in [3.8, 4) is 0 Å². The summed E-state index contributed by atoms with van der Waals surface area (Å²) in [4.78, 5) is 22.1. The van der Waals surface area contributed by atoms with Crippen molar-refractivity contribution in [1.82, 2.24) is 9.78 Å². The van der Waals surface area contributed by atoms with Gasteiger partial charge < -0.3 is 9.47 Å². The number of aromatic nitrogens is 2. The Labute approximate surface area is 86.8 Å². The Morgan fingerprint density at radius 1 is 1.67 bits per heavy atom. The maximum atomic E-state index is 11.4. The number of esters is 1. The molecule has 0 amide bonds. The monoisotopic (exact) mass is 212 g/mol. The Balaban J connectivity index is 2.98. The maximum Gasteiger partial charge on any atom is 0.342 e. The lowest BCUT2D eigenvalue weighted by molar-refractivity contribution is 0.0523. The number of rotatable bonds is 5. The highest BCUT2D eigenvalue weighted by Crippen LogP contribution is 2.08. The fourth-order valence-electron chi connectivity index (χ4n) is 1.11. The van der Waals surface area contributed by atoms with E-state index in [4.69, 9.17) is 9.47 Å². The summed E-state index contributed by atoms with van der Waals surface area (Å²) in [6, 6.07) is 0. The first-order chi connectivity index (χ1) is 7.24. The molecule has 0 aliphatic heterocycles. The van der Waals surface area contributed by atoms with Gasteiger partial charge in [-0.15, -0.1) is 0 Å². The highest BCUT2D eigenvalue weighted by molar-refractivity contribution is 5.97. The minimum atomic E-state index is -0.554. The molecule has 6 nitrogen and oxygen atoms in total.